The highest BCUT2D eigenvalue weighted by molar-refractivity contribution is 7.53. The van der Waals surface area contributed by atoms with Crippen molar-refractivity contribution in [2.24, 2.45) is 0 Å². The van der Waals surface area contributed by atoms with Crippen LogP contribution in [0.5, 0.6) is 0 Å². The summed E-state index contributed by atoms with van der Waals surface area (Å²) in [6.45, 7) is 10.7. The molecule has 1 rings (SSSR count). The van der Waals surface area contributed by atoms with Gasteiger partial charge in [-0.25, -0.2) is 4.85 Å². The molecule has 0 aliphatic carbocycles. The van der Waals surface area contributed by atoms with Gasteiger partial charge in [-0.15, -0.1) is 0 Å². The maximum atomic E-state index is 12.3. The molecule has 0 aliphatic rings. The Labute approximate surface area is 117 Å². The van der Waals surface area contributed by atoms with Crippen molar-refractivity contribution in [2.45, 2.75) is 20.0 Å². The van der Waals surface area contributed by atoms with E-state index in [2.05, 4.69) is 4.85 Å². The molecule has 0 N–H and O–H groups in total. The lowest BCUT2D eigenvalue weighted by molar-refractivity contribution is -0.383. The predicted molar refractivity (Wildman–Crippen MR) is 73.9 cm³/mol. The second kappa shape index (κ2) is 7.15. The molecule has 0 bridgehead atoms. The van der Waals surface area contributed by atoms with E-state index in [1.807, 2.05) is 0 Å². The van der Waals surface area contributed by atoms with Crippen LogP contribution in [0.3, 0.4) is 0 Å². The van der Waals surface area contributed by atoms with E-state index in [1.165, 1.54) is 18.2 Å². The molecule has 0 aromatic heterocycles. The fourth-order valence-corrected chi connectivity index (χ4v) is 3.34. The molecular formula is C12H15N2O5P. The molecule has 108 valence electrons. The topological polar surface area (TPSA) is 83.0 Å². The Morgan fingerprint density at radius 1 is 1.35 bits per heavy atom. The Morgan fingerprint density at radius 3 is 2.40 bits per heavy atom. The highest BCUT2D eigenvalue weighted by atomic mass is 31.2. The summed E-state index contributed by atoms with van der Waals surface area (Å²) in [7, 11) is -3.31. The zero-order valence-electron chi connectivity index (χ0n) is 11.2. The van der Waals surface area contributed by atoms with Crippen molar-refractivity contribution in [2.75, 3.05) is 13.2 Å². The first kappa shape index (κ1) is 16.3. The maximum Gasteiger partial charge on any atom is 0.335 e. The summed E-state index contributed by atoms with van der Waals surface area (Å²) in [4.78, 5) is 13.3. The highest BCUT2D eigenvalue weighted by Gasteiger charge is 2.25. The van der Waals surface area contributed by atoms with Crippen LogP contribution in [0.25, 0.3) is 4.85 Å². The van der Waals surface area contributed by atoms with Crippen LogP contribution in [0.4, 0.5) is 11.4 Å². The first-order chi connectivity index (χ1) is 9.45. The minimum absolute atomic E-state index is 0.0543. The van der Waals surface area contributed by atoms with Crippen molar-refractivity contribution in [3.05, 3.63) is 45.3 Å². The molecule has 0 saturated carbocycles. The van der Waals surface area contributed by atoms with Crippen molar-refractivity contribution >= 4 is 19.0 Å². The van der Waals surface area contributed by atoms with E-state index in [0.717, 1.165) is 0 Å². The highest BCUT2D eigenvalue weighted by Crippen LogP contribution is 2.51. The zero-order valence-corrected chi connectivity index (χ0v) is 12.1. The number of hydrogen-bond donors (Lipinski definition) is 0. The van der Waals surface area contributed by atoms with Crippen molar-refractivity contribution in [3.63, 3.8) is 0 Å². The summed E-state index contributed by atoms with van der Waals surface area (Å²) in [5.41, 5.74) is 0.0767. The maximum absolute atomic E-state index is 12.3. The van der Waals surface area contributed by atoms with Crippen LogP contribution >= 0.6 is 7.60 Å². The van der Waals surface area contributed by atoms with E-state index in [1.54, 1.807) is 13.8 Å². The molecule has 8 heteroatoms. The zero-order chi connectivity index (χ0) is 15.2. The molecule has 0 fully saturated rings. The van der Waals surface area contributed by atoms with E-state index >= 15 is 0 Å². The van der Waals surface area contributed by atoms with Gasteiger partial charge in [-0.1, -0.05) is 6.07 Å². The molecule has 20 heavy (non-hydrogen) atoms. The van der Waals surface area contributed by atoms with Crippen LogP contribution in [0.1, 0.15) is 19.4 Å². The molecule has 0 radical (unpaired) electrons. The van der Waals surface area contributed by atoms with Gasteiger partial charge >= 0.3 is 7.60 Å². The van der Waals surface area contributed by atoms with Gasteiger partial charge in [-0.05, 0) is 25.5 Å². The smallest absolute Gasteiger partial charge is 0.309 e. The Kier molecular flexibility index (Phi) is 5.83. The number of nitrogens with zero attached hydrogens (tertiary/aromatic N) is 2. The van der Waals surface area contributed by atoms with E-state index in [9.17, 15) is 14.7 Å². The number of nitro benzene ring substituents is 1. The third-order valence-corrected chi connectivity index (χ3v) is 4.44. The molecular weight excluding hydrogens is 283 g/mol. The fraction of sp³-hybridized carbons (Fsp3) is 0.417. The van der Waals surface area contributed by atoms with Gasteiger partial charge in [0.1, 0.15) is 0 Å². The normalized spacial score (nSPS) is 11.1. The van der Waals surface area contributed by atoms with Crippen LogP contribution in [0.2, 0.25) is 0 Å². The van der Waals surface area contributed by atoms with E-state index in [4.69, 9.17) is 15.6 Å². The van der Waals surface area contributed by atoms with Gasteiger partial charge in [-0.3, -0.25) is 14.7 Å². The summed E-state index contributed by atoms with van der Waals surface area (Å²) in [6.07, 6.45) is -0.0617. The molecule has 7 nitrogen and oxygen atoms in total. The minimum atomic E-state index is -3.31. The van der Waals surface area contributed by atoms with Gasteiger partial charge in [0.25, 0.3) is 11.4 Å². The minimum Gasteiger partial charge on any atom is -0.309 e. The monoisotopic (exact) mass is 298 g/mol. The Hall–Kier alpha value is -1.74. The SMILES string of the molecule is [C-]#[N+]c1ccc(CP(=O)(OCC)OCC)cc1[N+](=O)[O-]. The van der Waals surface area contributed by atoms with Crippen LogP contribution in [-0.4, -0.2) is 18.1 Å². The molecule has 0 unspecified atom stereocenters. The molecule has 0 amide bonds. The number of nitro groups is 1. The van der Waals surface area contributed by atoms with E-state index in [0.29, 0.717) is 5.56 Å². The van der Waals surface area contributed by atoms with Crippen LogP contribution in [0.15, 0.2) is 18.2 Å². The lowest BCUT2D eigenvalue weighted by Gasteiger charge is -2.16. The third kappa shape index (κ3) is 4.14. The molecule has 1 aromatic rings. The molecule has 0 aliphatic heterocycles. The number of benzene rings is 1. The molecule has 0 atom stereocenters. The predicted octanol–water partition coefficient (Wildman–Crippen LogP) is 3.91. The summed E-state index contributed by atoms with van der Waals surface area (Å²) in [6, 6.07) is 4.09. The standard InChI is InChI=1S/C12H15N2O5P/c1-4-18-20(17,19-5-2)9-10-6-7-11(13-3)12(8-10)14(15)16/h6-8H,4-5,9H2,1-2H3. The quantitative estimate of drug-likeness (QED) is 0.330. The Balaban J connectivity index is 3.09. The number of hydrogen-bond acceptors (Lipinski definition) is 5. The molecule has 0 saturated heterocycles. The van der Waals surface area contributed by atoms with Gasteiger partial charge in [0.15, 0.2) is 0 Å². The second-order valence-electron chi connectivity index (χ2n) is 3.80. The Morgan fingerprint density at radius 2 is 1.95 bits per heavy atom. The summed E-state index contributed by atoms with van der Waals surface area (Å²) in [5, 5.41) is 10.9. The fourth-order valence-electron chi connectivity index (χ4n) is 1.65. The van der Waals surface area contributed by atoms with Crippen LogP contribution in [-0.2, 0) is 19.8 Å². The van der Waals surface area contributed by atoms with Gasteiger partial charge < -0.3 is 9.05 Å². The van der Waals surface area contributed by atoms with Crippen molar-refractivity contribution in [1.82, 2.24) is 0 Å². The van der Waals surface area contributed by atoms with Crippen molar-refractivity contribution in [3.8, 4) is 0 Å². The molecule has 1 aromatic carbocycles. The van der Waals surface area contributed by atoms with Gasteiger partial charge in [0.2, 0.25) is 0 Å². The van der Waals surface area contributed by atoms with Gasteiger partial charge in [0, 0.05) is 6.07 Å². The van der Waals surface area contributed by atoms with E-state index < -0.39 is 12.5 Å². The molecule has 0 heterocycles. The van der Waals surface area contributed by atoms with E-state index in [-0.39, 0.29) is 30.8 Å². The number of rotatable bonds is 7. The van der Waals surface area contributed by atoms with Crippen LogP contribution in [0, 0.1) is 16.7 Å². The first-order valence-electron chi connectivity index (χ1n) is 5.98. The third-order valence-electron chi connectivity index (χ3n) is 2.38. The summed E-state index contributed by atoms with van der Waals surface area (Å²) < 4.78 is 22.6. The first-order valence-corrected chi connectivity index (χ1v) is 7.71. The lowest BCUT2D eigenvalue weighted by Crippen LogP contribution is -1.99. The average Bonchev–Trinajstić information content (AvgIpc) is 2.38. The largest absolute Gasteiger partial charge is 0.335 e. The lowest BCUT2D eigenvalue weighted by atomic mass is 10.2. The van der Waals surface area contributed by atoms with Crippen molar-refractivity contribution in [1.29, 1.82) is 0 Å². The second-order valence-corrected chi connectivity index (χ2v) is 5.85. The summed E-state index contributed by atoms with van der Waals surface area (Å²) >= 11 is 0. The summed E-state index contributed by atoms with van der Waals surface area (Å²) in [5.74, 6) is 0. The van der Waals surface area contributed by atoms with Gasteiger partial charge in [-0.2, -0.15) is 0 Å². The van der Waals surface area contributed by atoms with Crippen molar-refractivity contribution < 1.29 is 18.5 Å². The van der Waals surface area contributed by atoms with Gasteiger partial charge in [0.05, 0.1) is 30.9 Å². The molecule has 0 spiro atoms. The Bertz CT molecular complexity index is 572. The average molecular weight is 298 g/mol. The van der Waals surface area contributed by atoms with Crippen LogP contribution < -0.4 is 0 Å².